The van der Waals surface area contributed by atoms with Crippen LogP contribution in [0.5, 0.6) is 0 Å². The summed E-state index contributed by atoms with van der Waals surface area (Å²) < 4.78 is 3.79. The van der Waals surface area contributed by atoms with Gasteiger partial charge in [0.25, 0.3) is 0 Å². The van der Waals surface area contributed by atoms with Gasteiger partial charge in [-0.25, -0.2) is 9.56 Å². The number of fused-ring (bicyclic) bond motifs is 2. The maximum atomic E-state index is 4.79. The van der Waals surface area contributed by atoms with E-state index in [1.54, 1.807) is 0 Å². The molecule has 2 aliphatic rings. The van der Waals surface area contributed by atoms with Crippen molar-refractivity contribution in [3.63, 3.8) is 0 Å². The molecule has 0 unspecified atom stereocenters. The second-order valence-corrected chi connectivity index (χ2v) is 7.11. The largest absolute Gasteiger partial charge is 1.00 e. The van der Waals surface area contributed by atoms with Gasteiger partial charge in [0.1, 0.15) is 13.1 Å². The van der Waals surface area contributed by atoms with Crippen molar-refractivity contribution in [3.8, 4) is 10.6 Å². The van der Waals surface area contributed by atoms with Crippen molar-refractivity contribution in [1.82, 2.24) is 9.56 Å². The van der Waals surface area contributed by atoms with E-state index < -0.39 is 0 Å². The van der Waals surface area contributed by atoms with Crippen molar-refractivity contribution < 1.29 is 24.0 Å². The quantitative estimate of drug-likeness (QED) is 0.218. The summed E-state index contributed by atoms with van der Waals surface area (Å²) in [6, 6.07) is 15.1. The summed E-state index contributed by atoms with van der Waals surface area (Å²) in [7, 11) is 0. The van der Waals surface area contributed by atoms with E-state index >= 15 is 0 Å². The molecule has 1 aliphatic carbocycles. The third-order valence-electron chi connectivity index (χ3n) is 4.20. The van der Waals surface area contributed by atoms with Crippen molar-refractivity contribution in [2.75, 3.05) is 13.1 Å². The summed E-state index contributed by atoms with van der Waals surface area (Å²) in [5, 5.41) is 1.34. The molecule has 6 heteroatoms. The van der Waals surface area contributed by atoms with Gasteiger partial charge >= 0.3 is 0 Å². The molecule has 0 spiro atoms. The van der Waals surface area contributed by atoms with Gasteiger partial charge in [-0.3, -0.25) is 0 Å². The molecule has 3 rings (SSSR count). The molecule has 1 aliphatic heterocycles. The minimum Gasteiger partial charge on any atom is -1.00 e. The van der Waals surface area contributed by atoms with E-state index in [9.17, 15) is 0 Å². The predicted molar refractivity (Wildman–Crippen MR) is 129 cm³/mol. The lowest BCUT2D eigenvalue weighted by Crippen LogP contribution is -3.00. The van der Waals surface area contributed by atoms with E-state index in [-0.39, 0.29) is 24.0 Å². The SMILES string of the molecule is CCCC[N+](CCCC)=c1ccc2nc3ccccc3sc-2c1.II.[I-]. The van der Waals surface area contributed by atoms with Crippen LogP contribution in [0.1, 0.15) is 39.5 Å². The van der Waals surface area contributed by atoms with Gasteiger partial charge < -0.3 is 24.0 Å². The molecule has 0 amide bonds. The summed E-state index contributed by atoms with van der Waals surface area (Å²) in [5.41, 5.74) is 2.19. The van der Waals surface area contributed by atoms with Crippen molar-refractivity contribution in [2.24, 2.45) is 0 Å². The average molecular weight is 706 g/mol. The standard InChI is InChI=1S/C20H25N2S.I2.HI/c1-3-5-13-22(14-6-4-2)16-11-12-18-20(15-16)23-19-10-8-7-9-17(19)21-18;1-2;/h7-12,15H,3-6,13-14H2,1-2H3;;1H/q+1;;/p-1. The second-order valence-electron chi connectivity index (χ2n) is 6.03. The highest BCUT2D eigenvalue weighted by molar-refractivity contribution is 15.0. The molecule has 0 aromatic heterocycles. The first kappa shape index (κ1) is 24.5. The molecule has 1 aromatic carbocycles. The fourth-order valence-corrected chi connectivity index (χ4v) is 3.83. The van der Waals surface area contributed by atoms with Crippen LogP contribution in [-0.2, 0) is 0 Å². The zero-order chi connectivity index (χ0) is 18.1. The van der Waals surface area contributed by atoms with E-state index in [1.165, 1.54) is 40.6 Å². The lowest BCUT2D eigenvalue weighted by molar-refractivity contribution is -0.00000487. The number of hydrogen-bond acceptors (Lipinski definition) is 2. The number of halogens is 3. The number of hydrogen-bond donors (Lipinski definition) is 0. The topological polar surface area (TPSA) is 15.9 Å². The van der Waals surface area contributed by atoms with Gasteiger partial charge in [0.2, 0.25) is 5.36 Å². The maximum Gasteiger partial charge on any atom is 0.201 e. The van der Waals surface area contributed by atoms with Crippen LogP contribution in [-0.4, -0.2) is 18.1 Å². The van der Waals surface area contributed by atoms with Crippen molar-refractivity contribution in [1.29, 1.82) is 0 Å². The Kier molecular flexibility index (Phi) is 12.8. The first-order valence-electron chi connectivity index (χ1n) is 8.83. The summed E-state index contributed by atoms with van der Waals surface area (Å²) in [6.45, 7) is 6.81. The molecule has 2 nitrogen and oxygen atoms in total. The van der Waals surface area contributed by atoms with Gasteiger partial charge in [-0.15, -0.1) is 11.3 Å². The van der Waals surface area contributed by atoms with Crippen LogP contribution >= 0.6 is 48.6 Å². The lowest BCUT2D eigenvalue weighted by Gasteiger charge is -2.07. The molecule has 0 bridgehead atoms. The van der Waals surface area contributed by atoms with Crippen LogP contribution < -0.4 is 33.9 Å². The highest BCUT2D eigenvalue weighted by Gasteiger charge is 2.11. The number of rotatable bonds is 6. The van der Waals surface area contributed by atoms with Crippen LogP contribution in [0.15, 0.2) is 42.5 Å². The van der Waals surface area contributed by atoms with Crippen molar-refractivity contribution >= 4 is 58.8 Å². The minimum atomic E-state index is 0. The molecular weight excluding hydrogens is 681 g/mol. The van der Waals surface area contributed by atoms with Crippen LogP contribution in [0.4, 0.5) is 0 Å². The third-order valence-corrected chi connectivity index (χ3v) is 5.31. The Morgan fingerprint density at radius 3 is 2.27 bits per heavy atom. The van der Waals surface area contributed by atoms with Gasteiger partial charge in [-0.1, -0.05) is 38.8 Å². The monoisotopic (exact) mass is 706 g/mol. The smallest absolute Gasteiger partial charge is 0.201 e. The Labute approximate surface area is 201 Å². The Hall–Kier alpha value is 0.450. The average Bonchev–Trinajstić information content (AvgIpc) is 2.67. The molecule has 142 valence electrons. The van der Waals surface area contributed by atoms with Gasteiger partial charge in [0.05, 0.1) is 20.8 Å². The van der Waals surface area contributed by atoms with E-state index in [0.29, 0.717) is 0 Å². The highest BCUT2D eigenvalue weighted by Crippen LogP contribution is 2.28. The molecule has 0 atom stereocenters. The number of benzene rings is 2. The van der Waals surface area contributed by atoms with Crippen molar-refractivity contribution in [3.05, 3.63) is 47.8 Å². The molecule has 0 saturated carbocycles. The first-order chi connectivity index (χ1) is 12.3. The number of aromatic nitrogens is 1. The van der Waals surface area contributed by atoms with E-state index in [2.05, 4.69) is 98.1 Å². The summed E-state index contributed by atoms with van der Waals surface area (Å²) >= 11 is 6.08. The molecule has 26 heavy (non-hydrogen) atoms. The Morgan fingerprint density at radius 2 is 1.62 bits per heavy atom. The molecule has 1 heterocycles. The predicted octanol–water partition coefficient (Wildman–Crippen LogP) is 3.55. The van der Waals surface area contributed by atoms with Crippen LogP contribution in [0, 0.1) is 0 Å². The van der Waals surface area contributed by atoms with Crippen LogP contribution in [0.2, 0.25) is 0 Å². The van der Waals surface area contributed by atoms with Gasteiger partial charge in [-0.05, 0) is 18.2 Å². The highest BCUT2D eigenvalue weighted by atomic mass is 128. The van der Waals surface area contributed by atoms with Gasteiger partial charge in [-0.2, -0.15) is 0 Å². The number of nitrogens with zero attached hydrogens (tertiary/aromatic N) is 2. The summed E-state index contributed by atoms with van der Waals surface area (Å²) in [6.07, 6.45) is 4.98. The summed E-state index contributed by atoms with van der Waals surface area (Å²) in [4.78, 5) is 6.07. The maximum absolute atomic E-state index is 4.79. The molecule has 0 N–H and O–H groups in total. The second kappa shape index (κ2) is 13.6. The Bertz CT molecular complexity index is 823. The third kappa shape index (κ3) is 6.80. The normalized spacial score (nSPS) is 10.2. The fourth-order valence-electron chi connectivity index (χ4n) is 2.83. The Balaban J connectivity index is 0.00000109. The summed E-state index contributed by atoms with van der Waals surface area (Å²) in [5.74, 6) is 0. The number of para-hydroxylation sites is 1. The zero-order valence-electron chi connectivity index (χ0n) is 15.2. The number of unbranched alkanes of at least 4 members (excludes halogenated alkanes) is 2. The van der Waals surface area contributed by atoms with E-state index in [4.69, 9.17) is 4.98 Å². The van der Waals surface area contributed by atoms with E-state index in [1.807, 2.05) is 11.3 Å². The van der Waals surface area contributed by atoms with E-state index in [0.717, 1.165) is 24.3 Å². The molecule has 1 aromatic rings. The zero-order valence-corrected chi connectivity index (χ0v) is 22.5. The van der Waals surface area contributed by atoms with Gasteiger partial charge in [0.15, 0.2) is 0 Å². The first-order valence-corrected chi connectivity index (χ1v) is 15.9. The van der Waals surface area contributed by atoms with Crippen LogP contribution in [0.3, 0.4) is 0 Å². The molecule has 0 fully saturated rings. The lowest BCUT2D eigenvalue weighted by atomic mass is 10.2. The minimum absolute atomic E-state index is 0. The van der Waals surface area contributed by atoms with Gasteiger partial charge in [0, 0.05) is 62.2 Å². The Morgan fingerprint density at radius 1 is 0.962 bits per heavy atom. The van der Waals surface area contributed by atoms with Crippen molar-refractivity contribution in [2.45, 2.75) is 39.5 Å². The fraction of sp³-hybridized carbons (Fsp3) is 0.400. The molecule has 0 radical (unpaired) electrons. The molecular formula is C20H25I3N2S. The molecule has 0 saturated heterocycles. The van der Waals surface area contributed by atoms with Crippen LogP contribution in [0.25, 0.3) is 20.8 Å².